The maximum Gasteiger partial charge on any atom is 0.573 e. The summed E-state index contributed by atoms with van der Waals surface area (Å²) in [5.41, 5.74) is -1.33. The maximum absolute atomic E-state index is 13.0. The van der Waals surface area contributed by atoms with E-state index in [9.17, 15) is 26.3 Å². The van der Waals surface area contributed by atoms with Crippen molar-refractivity contribution in [1.29, 1.82) is 5.26 Å². The Morgan fingerprint density at radius 3 is 2.12 bits per heavy atom. The monoisotopic (exact) mass is 346 g/mol. The van der Waals surface area contributed by atoms with E-state index in [1.807, 2.05) is 0 Å². The van der Waals surface area contributed by atoms with E-state index in [2.05, 4.69) is 9.72 Å². The van der Waals surface area contributed by atoms with Gasteiger partial charge in [0, 0.05) is 17.3 Å². The summed E-state index contributed by atoms with van der Waals surface area (Å²) in [6, 6.07) is 6.59. The second kappa shape index (κ2) is 6.39. The van der Waals surface area contributed by atoms with E-state index in [0.717, 1.165) is 36.5 Å². The molecule has 0 unspecified atom stereocenters. The van der Waals surface area contributed by atoms with Gasteiger partial charge in [0.05, 0.1) is 23.7 Å². The van der Waals surface area contributed by atoms with Gasteiger partial charge in [0.1, 0.15) is 5.75 Å². The summed E-state index contributed by atoms with van der Waals surface area (Å²) in [6.07, 6.45) is -9.16. The van der Waals surface area contributed by atoms with Gasteiger partial charge in [0.25, 0.3) is 0 Å². The molecular weight excluding hydrogens is 338 g/mol. The molecule has 24 heavy (non-hydrogen) atoms. The Bertz CT molecular complexity index is 760. The van der Waals surface area contributed by atoms with Crippen LogP contribution in [0.1, 0.15) is 11.1 Å². The third-order valence-corrected chi connectivity index (χ3v) is 2.98. The highest BCUT2D eigenvalue weighted by atomic mass is 19.4. The van der Waals surface area contributed by atoms with Crippen LogP contribution in [0, 0.1) is 11.3 Å². The molecule has 126 valence electrons. The van der Waals surface area contributed by atoms with Gasteiger partial charge in [0.2, 0.25) is 0 Å². The van der Waals surface area contributed by atoms with Crippen LogP contribution in [0.5, 0.6) is 5.75 Å². The summed E-state index contributed by atoms with van der Waals surface area (Å²) in [4.78, 5) is 3.83. The van der Waals surface area contributed by atoms with Gasteiger partial charge in [-0.1, -0.05) is 0 Å². The van der Waals surface area contributed by atoms with Crippen molar-refractivity contribution in [3.05, 3.63) is 47.7 Å². The fourth-order valence-corrected chi connectivity index (χ4v) is 2.08. The number of nitriles is 1. The van der Waals surface area contributed by atoms with Crippen molar-refractivity contribution in [2.24, 2.45) is 0 Å². The molecular formula is C15H8F6N2O. The van der Waals surface area contributed by atoms with Gasteiger partial charge >= 0.3 is 12.5 Å². The van der Waals surface area contributed by atoms with Crippen molar-refractivity contribution in [3.8, 4) is 23.1 Å². The van der Waals surface area contributed by atoms with E-state index in [4.69, 9.17) is 5.26 Å². The second-order valence-corrected chi connectivity index (χ2v) is 4.59. The number of ether oxygens (including phenoxy) is 1. The summed E-state index contributed by atoms with van der Waals surface area (Å²) in [6.45, 7) is 0. The molecule has 0 N–H and O–H groups in total. The van der Waals surface area contributed by atoms with Crippen molar-refractivity contribution in [2.75, 3.05) is 0 Å². The Morgan fingerprint density at radius 2 is 1.62 bits per heavy atom. The summed E-state index contributed by atoms with van der Waals surface area (Å²) in [5.74, 6) is -0.514. The number of rotatable bonds is 3. The van der Waals surface area contributed by atoms with Gasteiger partial charge < -0.3 is 4.74 Å². The minimum Gasteiger partial charge on any atom is -0.406 e. The predicted octanol–water partition coefficient (Wildman–Crippen LogP) is 4.73. The molecule has 2 aromatic rings. The molecule has 0 fully saturated rings. The number of alkyl halides is 6. The Morgan fingerprint density at radius 1 is 1.00 bits per heavy atom. The minimum atomic E-state index is -4.87. The molecule has 0 aliphatic rings. The predicted molar refractivity (Wildman–Crippen MR) is 70.7 cm³/mol. The van der Waals surface area contributed by atoms with Crippen molar-refractivity contribution in [3.63, 3.8) is 0 Å². The average molecular weight is 346 g/mol. The number of benzene rings is 1. The number of pyridine rings is 1. The Labute approximate surface area is 132 Å². The number of hydrogen-bond acceptors (Lipinski definition) is 3. The minimum absolute atomic E-state index is 0.120. The van der Waals surface area contributed by atoms with Gasteiger partial charge in [-0.15, -0.1) is 13.2 Å². The highest BCUT2D eigenvalue weighted by Crippen LogP contribution is 2.36. The molecule has 0 aliphatic heterocycles. The number of nitrogens with zero attached hydrogens (tertiary/aromatic N) is 2. The van der Waals surface area contributed by atoms with Crippen LogP contribution in [0.15, 0.2) is 36.5 Å². The smallest absolute Gasteiger partial charge is 0.406 e. The molecule has 9 heteroatoms. The molecule has 0 amide bonds. The van der Waals surface area contributed by atoms with E-state index in [-0.39, 0.29) is 16.8 Å². The van der Waals surface area contributed by atoms with E-state index in [0.29, 0.717) is 0 Å². The lowest BCUT2D eigenvalue weighted by molar-refractivity contribution is -0.274. The van der Waals surface area contributed by atoms with Crippen molar-refractivity contribution < 1.29 is 31.1 Å². The molecule has 0 saturated heterocycles. The molecule has 3 nitrogen and oxygen atoms in total. The Balaban J connectivity index is 2.47. The lowest BCUT2D eigenvalue weighted by Crippen LogP contribution is -2.17. The summed E-state index contributed by atoms with van der Waals surface area (Å²) in [5, 5.41) is 8.76. The zero-order valence-corrected chi connectivity index (χ0v) is 11.7. The number of hydrogen-bond donors (Lipinski definition) is 0. The molecule has 2 rings (SSSR count). The lowest BCUT2D eigenvalue weighted by Gasteiger charge is -2.15. The summed E-state index contributed by atoms with van der Waals surface area (Å²) in [7, 11) is 0. The first-order valence-corrected chi connectivity index (χ1v) is 6.40. The summed E-state index contributed by atoms with van der Waals surface area (Å²) < 4.78 is 79.2. The molecule has 1 aromatic heterocycles. The highest BCUT2D eigenvalue weighted by molar-refractivity contribution is 5.66. The van der Waals surface area contributed by atoms with Crippen LogP contribution >= 0.6 is 0 Å². The van der Waals surface area contributed by atoms with Crippen LogP contribution in [0.4, 0.5) is 26.3 Å². The van der Waals surface area contributed by atoms with Crippen LogP contribution in [-0.4, -0.2) is 11.3 Å². The Hall–Kier alpha value is -2.76. The fourth-order valence-electron chi connectivity index (χ4n) is 2.08. The van der Waals surface area contributed by atoms with Crippen molar-refractivity contribution in [1.82, 2.24) is 4.98 Å². The average Bonchev–Trinajstić information content (AvgIpc) is 2.46. The first kappa shape index (κ1) is 17.6. The molecule has 1 aromatic carbocycles. The first-order chi connectivity index (χ1) is 11.1. The zero-order valence-electron chi connectivity index (χ0n) is 11.7. The van der Waals surface area contributed by atoms with Crippen LogP contribution in [0.25, 0.3) is 11.3 Å². The topological polar surface area (TPSA) is 45.9 Å². The lowest BCUT2D eigenvalue weighted by atomic mass is 9.98. The fraction of sp³-hybridized carbons (Fsp3) is 0.200. The van der Waals surface area contributed by atoms with Gasteiger partial charge in [-0.2, -0.15) is 18.4 Å². The molecule has 0 saturated carbocycles. The molecule has 0 radical (unpaired) electrons. The quantitative estimate of drug-likeness (QED) is 0.755. The number of aromatic nitrogens is 1. The van der Waals surface area contributed by atoms with Crippen molar-refractivity contribution >= 4 is 0 Å². The van der Waals surface area contributed by atoms with E-state index in [1.54, 1.807) is 6.07 Å². The van der Waals surface area contributed by atoms with E-state index in [1.165, 1.54) is 0 Å². The van der Waals surface area contributed by atoms with Crippen LogP contribution in [0.3, 0.4) is 0 Å². The Kier molecular flexibility index (Phi) is 4.68. The first-order valence-electron chi connectivity index (χ1n) is 6.40. The van der Waals surface area contributed by atoms with Crippen LogP contribution in [0.2, 0.25) is 0 Å². The SMILES string of the molecule is N#CCc1c(C(F)(F)F)ccnc1-c1ccc(OC(F)(F)F)cc1. The van der Waals surface area contributed by atoms with Gasteiger partial charge in [-0.3, -0.25) is 4.98 Å². The standard InChI is InChI=1S/C15H8F6N2O/c16-14(17,18)12-6-8-23-13(11(12)5-7-22)9-1-3-10(4-2-9)24-15(19,20)21/h1-4,6,8H,5H2. The summed E-state index contributed by atoms with van der Waals surface area (Å²) >= 11 is 0. The molecule has 0 aliphatic carbocycles. The maximum atomic E-state index is 13.0. The molecule has 0 atom stereocenters. The van der Waals surface area contributed by atoms with Gasteiger partial charge in [0.15, 0.2) is 0 Å². The molecule has 1 heterocycles. The van der Waals surface area contributed by atoms with E-state index >= 15 is 0 Å². The van der Waals surface area contributed by atoms with Gasteiger partial charge in [-0.25, -0.2) is 0 Å². The van der Waals surface area contributed by atoms with Gasteiger partial charge in [-0.05, 0) is 30.3 Å². The zero-order chi connectivity index (χ0) is 18.0. The second-order valence-electron chi connectivity index (χ2n) is 4.59. The van der Waals surface area contributed by atoms with Crippen molar-refractivity contribution in [2.45, 2.75) is 19.0 Å². The van der Waals surface area contributed by atoms with E-state index < -0.39 is 30.3 Å². The number of halogens is 6. The molecule has 0 bridgehead atoms. The highest BCUT2D eigenvalue weighted by Gasteiger charge is 2.35. The third kappa shape index (κ3) is 4.16. The largest absolute Gasteiger partial charge is 0.573 e. The third-order valence-electron chi connectivity index (χ3n) is 2.98. The normalized spacial score (nSPS) is 11.9. The molecule has 0 spiro atoms. The van der Waals surface area contributed by atoms with Crippen LogP contribution < -0.4 is 4.74 Å². The van der Waals surface area contributed by atoms with Crippen LogP contribution in [-0.2, 0) is 12.6 Å².